The average molecular weight is 285 g/mol. The molecule has 0 aliphatic rings. The van der Waals surface area contributed by atoms with Crippen LogP contribution in [0, 0.1) is 6.92 Å². The molecule has 1 aromatic carbocycles. The quantitative estimate of drug-likeness (QED) is 0.770. The van der Waals surface area contributed by atoms with Crippen LogP contribution in [0.4, 0.5) is 5.69 Å². The second kappa shape index (κ2) is 6.36. The number of nitrogen functional groups attached to an aromatic ring is 1. The molecule has 0 saturated carbocycles. The molecule has 0 heterocycles. The van der Waals surface area contributed by atoms with Gasteiger partial charge in [0.25, 0.3) is 0 Å². The number of nitrogens with zero attached hydrogens (tertiary/aromatic N) is 1. The van der Waals surface area contributed by atoms with Gasteiger partial charge in [0.1, 0.15) is 0 Å². The van der Waals surface area contributed by atoms with Crippen molar-refractivity contribution in [3.63, 3.8) is 0 Å². The first-order chi connectivity index (χ1) is 8.72. The van der Waals surface area contributed by atoms with Gasteiger partial charge in [-0.1, -0.05) is 0 Å². The van der Waals surface area contributed by atoms with E-state index in [0.29, 0.717) is 16.1 Å². The zero-order valence-electron chi connectivity index (χ0n) is 12.0. The number of nitrogens with two attached hydrogens (primary N) is 1. The Morgan fingerprint density at radius 1 is 1.37 bits per heavy atom. The minimum atomic E-state index is -3.48. The average Bonchev–Trinajstić information content (AvgIpc) is 2.25. The van der Waals surface area contributed by atoms with Gasteiger partial charge >= 0.3 is 0 Å². The molecule has 1 unspecified atom stereocenters. The fourth-order valence-electron chi connectivity index (χ4n) is 1.81. The van der Waals surface area contributed by atoms with Crippen molar-refractivity contribution >= 4 is 15.7 Å². The Kier molecular flexibility index (Phi) is 5.34. The highest BCUT2D eigenvalue weighted by molar-refractivity contribution is 7.89. The third-order valence-corrected chi connectivity index (χ3v) is 4.60. The monoisotopic (exact) mass is 285 g/mol. The summed E-state index contributed by atoms with van der Waals surface area (Å²) in [6, 6.07) is 4.71. The summed E-state index contributed by atoms with van der Waals surface area (Å²) >= 11 is 0. The highest BCUT2D eigenvalue weighted by Crippen LogP contribution is 2.18. The SMILES string of the molecule is Cc1cc(N)ccc1S(=O)(=O)NC(C)CCN(C)C. The zero-order valence-corrected chi connectivity index (χ0v) is 12.8. The molecule has 0 aliphatic carbocycles. The van der Waals surface area contributed by atoms with E-state index in [9.17, 15) is 8.42 Å². The maximum absolute atomic E-state index is 12.3. The topological polar surface area (TPSA) is 75.4 Å². The molecule has 0 spiro atoms. The van der Waals surface area contributed by atoms with Crippen LogP contribution in [-0.4, -0.2) is 40.0 Å². The van der Waals surface area contributed by atoms with Crippen LogP contribution in [0.15, 0.2) is 23.1 Å². The van der Waals surface area contributed by atoms with Crippen LogP contribution in [0.5, 0.6) is 0 Å². The molecule has 1 aromatic rings. The third kappa shape index (κ3) is 4.81. The van der Waals surface area contributed by atoms with E-state index in [4.69, 9.17) is 5.73 Å². The molecule has 0 radical (unpaired) electrons. The Bertz CT molecular complexity index is 527. The largest absolute Gasteiger partial charge is 0.399 e. The second-order valence-electron chi connectivity index (χ2n) is 5.14. The Morgan fingerprint density at radius 3 is 2.53 bits per heavy atom. The standard InChI is InChI=1S/C13H23N3O2S/c1-10-9-12(14)5-6-13(10)19(17,18)15-11(2)7-8-16(3)4/h5-6,9,11,15H,7-8,14H2,1-4H3. The summed E-state index contributed by atoms with van der Waals surface area (Å²) < 4.78 is 27.2. The molecule has 0 amide bonds. The lowest BCUT2D eigenvalue weighted by atomic mass is 10.2. The van der Waals surface area contributed by atoms with Crippen molar-refractivity contribution in [3.8, 4) is 0 Å². The van der Waals surface area contributed by atoms with Crippen molar-refractivity contribution in [2.24, 2.45) is 0 Å². The second-order valence-corrected chi connectivity index (χ2v) is 6.82. The fraction of sp³-hybridized carbons (Fsp3) is 0.538. The number of rotatable bonds is 6. The zero-order chi connectivity index (χ0) is 14.6. The predicted octanol–water partition coefficient (Wildman–Crippen LogP) is 1.20. The molecule has 1 atom stereocenters. The number of sulfonamides is 1. The lowest BCUT2D eigenvalue weighted by molar-refractivity contribution is 0.379. The van der Waals surface area contributed by atoms with E-state index in [1.165, 1.54) is 0 Å². The Morgan fingerprint density at radius 2 is 2.00 bits per heavy atom. The molecular formula is C13H23N3O2S. The van der Waals surface area contributed by atoms with Gasteiger partial charge in [0.15, 0.2) is 0 Å². The van der Waals surface area contributed by atoms with Crippen LogP contribution in [0.1, 0.15) is 18.9 Å². The molecule has 19 heavy (non-hydrogen) atoms. The smallest absolute Gasteiger partial charge is 0.241 e. The fourth-order valence-corrected chi connectivity index (χ4v) is 3.32. The summed E-state index contributed by atoms with van der Waals surface area (Å²) in [7, 11) is 0.448. The van der Waals surface area contributed by atoms with Crippen LogP contribution in [0.2, 0.25) is 0 Å². The van der Waals surface area contributed by atoms with Gasteiger partial charge in [0.05, 0.1) is 4.90 Å². The number of benzene rings is 1. The van der Waals surface area contributed by atoms with E-state index < -0.39 is 10.0 Å². The minimum Gasteiger partial charge on any atom is -0.399 e. The molecule has 6 heteroatoms. The van der Waals surface area contributed by atoms with Crippen molar-refractivity contribution in [1.82, 2.24) is 9.62 Å². The first kappa shape index (κ1) is 15.9. The van der Waals surface area contributed by atoms with Gasteiger partial charge < -0.3 is 10.6 Å². The van der Waals surface area contributed by atoms with E-state index in [1.54, 1.807) is 25.1 Å². The molecule has 108 valence electrons. The van der Waals surface area contributed by atoms with Gasteiger partial charge in [-0.2, -0.15) is 0 Å². The number of hydrogen-bond acceptors (Lipinski definition) is 4. The highest BCUT2D eigenvalue weighted by Gasteiger charge is 2.19. The predicted molar refractivity (Wildman–Crippen MR) is 78.5 cm³/mol. The number of anilines is 1. The summed E-state index contributed by atoms with van der Waals surface area (Å²) in [5.74, 6) is 0. The van der Waals surface area contributed by atoms with Crippen LogP contribution in [-0.2, 0) is 10.0 Å². The number of aryl methyl sites for hydroxylation is 1. The Hall–Kier alpha value is -1.11. The molecular weight excluding hydrogens is 262 g/mol. The summed E-state index contributed by atoms with van der Waals surface area (Å²) in [4.78, 5) is 2.32. The van der Waals surface area contributed by atoms with Crippen LogP contribution < -0.4 is 10.5 Å². The summed E-state index contributed by atoms with van der Waals surface area (Å²) in [5, 5.41) is 0. The molecule has 0 aromatic heterocycles. The summed E-state index contributed by atoms with van der Waals surface area (Å²) in [6.07, 6.45) is 0.764. The van der Waals surface area contributed by atoms with Crippen molar-refractivity contribution < 1.29 is 8.42 Å². The number of hydrogen-bond donors (Lipinski definition) is 2. The van der Waals surface area contributed by atoms with Gasteiger partial charge in [-0.25, -0.2) is 13.1 Å². The van der Waals surface area contributed by atoms with Crippen LogP contribution in [0.25, 0.3) is 0 Å². The molecule has 0 saturated heterocycles. The summed E-state index contributed by atoms with van der Waals surface area (Å²) in [6.45, 7) is 4.45. The van der Waals surface area contributed by atoms with E-state index in [2.05, 4.69) is 4.72 Å². The first-order valence-electron chi connectivity index (χ1n) is 6.25. The minimum absolute atomic E-state index is 0.107. The van der Waals surface area contributed by atoms with Crippen molar-refractivity contribution in [2.45, 2.75) is 31.2 Å². The van der Waals surface area contributed by atoms with Crippen LogP contribution >= 0.6 is 0 Å². The Labute approximate surface area is 115 Å². The first-order valence-corrected chi connectivity index (χ1v) is 7.74. The normalized spacial score (nSPS) is 13.7. The third-order valence-electron chi connectivity index (χ3n) is 2.85. The summed E-state index contributed by atoms with van der Waals surface area (Å²) in [5.41, 5.74) is 6.86. The molecule has 0 aliphatic heterocycles. The molecule has 3 N–H and O–H groups in total. The molecule has 1 rings (SSSR count). The molecule has 0 bridgehead atoms. The number of nitrogens with one attached hydrogen (secondary N) is 1. The lowest BCUT2D eigenvalue weighted by Crippen LogP contribution is -2.35. The van der Waals surface area contributed by atoms with Gasteiger partial charge in [-0.3, -0.25) is 0 Å². The van der Waals surface area contributed by atoms with E-state index in [1.807, 2.05) is 25.9 Å². The van der Waals surface area contributed by atoms with Crippen molar-refractivity contribution in [1.29, 1.82) is 0 Å². The maximum Gasteiger partial charge on any atom is 0.241 e. The molecule has 0 fully saturated rings. The Balaban J connectivity index is 2.81. The van der Waals surface area contributed by atoms with Gasteiger partial charge in [0.2, 0.25) is 10.0 Å². The van der Waals surface area contributed by atoms with Gasteiger partial charge in [-0.05, 0) is 64.7 Å². The van der Waals surface area contributed by atoms with E-state index in [0.717, 1.165) is 13.0 Å². The van der Waals surface area contributed by atoms with Crippen LogP contribution in [0.3, 0.4) is 0 Å². The van der Waals surface area contributed by atoms with E-state index in [-0.39, 0.29) is 6.04 Å². The van der Waals surface area contributed by atoms with Gasteiger partial charge in [0, 0.05) is 11.7 Å². The molecule has 5 nitrogen and oxygen atoms in total. The maximum atomic E-state index is 12.3. The highest BCUT2D eigenvalue weighted by atomic mass is 32.2. The van der Waals surface area contributed by atoms with Crippen molar-refractivity contribution in [2.75, 3.05) is 26.4 Å². The lowest BCUT2D eigenvalue weighted by Gasteiger charge is -2.17. The van der Waals surface area contributed by atoms with Crippen molar-refractivity contribution in [3.05, 3.63) is 23.8 Å². The van der Waals surface area contributed by atoms with E-state index >= 15 is 0 Å². The van der Waals surface area contributed by atoms with Gasteiger partial charge in [-0.15, -0.1) is 0 Å².